The van der Waals surface area contributed by atoms with E-state index in [0.717, 1.165) is 30.8 Å². The number of likely N-dealkylation sites (tertiary alicyclic amines) is 1. The fraction of sp³-hybridized carbons (Fsp3) is 0.571. The summed E-state index contributed by atoms with van der Waals surface area (Å²) in [5.74, 6) is -0.814. The molecule has 29 heavy (non-hydrogen) atoms. The number of nitrogens with zero attached hydrogens (tertiary/aromatic N) is 2. The minimum absolute atomic E-state index is 0.146. The Bertz CT molecular complexity index is 832. The van der Waals surface area contributed by atoms with Gasteiger partial charge < -0.3 is 15.7 Å². The van der Waals surface area contributed by atoms with E-state index in [9.17, 15) is 19.5 Å². The number of carbonyl (C=O) groups excluding carboxylic acids is 3. The largest absolute Gasteiger partial charge is 0.390 e. The summed E-state index contributed by atoms with van der Waals surface area (Å²) in [5, 5.41) is 12.8. The number of benzene rings is 1. The van der Waals surface area contributed by atoms with Crippen molar-refractivity contribution in [1.82, 2.24) is 15.1 Å². The highest BCUT2D eigenvalue weighted by Crippen LogP contribution is 2.30. The zero-order valence-electron chi connectivity index (χ0n) is 16.5. The number of rotatable bonds is 5. The average Bonchev–Trinajstić information content (AvgIpc) is 3.00. The van der Waals surface area contributed by atoms with E-state index in [1.54, 1.807) is 4.90 Å². The van der Waals surface area contributed by atoms with Gasteiger partial charge in [0.25, 0.3) is 5.91 Å². The summed E-state index contributed by atoms with van der Waals surface area (Å²) in [6.07, 6.45) is 2.67. The highest BCUT2D eigenvalue weighted by atomic mass is 16.3. The molecule has 3 amide bonds. The van der Waals surface area contributed by atoms with Crippen molar-refractivity contribution in [3.8, 4) is 0 Å². The molecule has 0 bridgehead atoms. The number of amides is 3. The number of imide groups is 1. The summed E-state index contributed by atoms with van der Waals surface area (Å²) in [6.45, 7) is 3.20. The molecular weight excluding hydrogens is 372 g/mol. The predicted molar refractivity (Wildman–Crippen MR) is 106 cm³/mol. The second kappa shape index (κ2) is 7.85. The molecule has 156 valence electrons. The molecule has 3 aliphatic heterocycles. The van der Waals surface area contributed by atoms with E-state index in [-0.39, 0.29) is 24.1 Å². The zero-order valence-corrected chi connectivity index (χ0v) is 16.5. The van der Waals surface area contributed by atoms with Crippen LogP contribution >= 0.6 is 0 Å². The number of piperidine rings is 2. The van der Waals surface area contributed by atoms with Crippen LogP contribution in [-0.4, -0.2) is 63.9 Å². The molecule has 0 aliphatic carbocycles. The quantitative estimate of drug-likeness (QED) is 0.605. The van der Waals surface area contributed by atoms with Crippen molar-refractivity contribution in [2.24, 2.45) is 5.73 Å². The first-order valence-electron chi connectivity index (χ1n) is 10.3. The standard InChI is InChI=1S/C21H28N4O4/c22-8-5-21(29)6-9-24(10-7-21)12-14-1-2-15-13-25(20(28)16(15)11-14)17-3-4-18(26)23-19(17)27/h1-2,11,17,29H,3-10,12-13,22H2,(H,23,26,27). The Kier molecular flexibility index (Phi) is 5.42. The molecule has 2 fully saturated rings. The van der Waals surface area contributed by atoms with Crippen LogP contribution in [0.15, 0.2) is 18.2 Å². The van der Waals surface area contributed by atoms with E-state index in [1.165, 1.54) is 0 Å². The first kappa shape index (κ1) is 20.0. The lowest BCUT2D eigenvalue weighted by atomic mass is 9.88. The Morgan fingerprint density at radius 3 is 2.66 bits per heavy atom. The number of hydrogen-bond acceptors (Lipinski definition) is 6. The third-order valence-corrected chi connectivity index (χ3v) is 6.40. The summed E-state index contributed by atoms with van der Waals surface area (Å²) in [5.41, 5.74) is 7.55. The van der Waals surface area contributed by atoms with E-state index in [2.05, 4.69) is 10.2 Å². The van der Waals surface area contributed by atoms with Crippen molar-refractivity contribution in [1.29, 1.82) is 0 Å². The molecule has 0 saturated carbocycles. The molecule has 4 N–H and O–H groups in total. The third-order valence-electron chi connectivity index (χ3n) is 6.40. The molecule has 3 heterocycles. The topological polar surface area (TPSA) is 116 Å². The van der Waals surface area contributed by atoms with Crippen LogP contribution < -0.4 is 11.1 Å². The highest BCUT2D eigenvalue weighted by Gasteiger charge is 2.39. The van der Waals surface area contributed by atoms with Crippen LogP contribution in [0.5, 0.6) is 0 Å². The fourth-order valence-electron chi connectivity index (χ4n) is 4.60. The number of nitrogens with one attached hydrogen (secondary N) is 1. The van der Waals surface area contributed by atoms with Crippen LogP contribution in [0.1, 0.15) is 53.6 Å². The number of fused-ring (bicyclic) bond motifs is 1. The Labute approximate surface area is 170 Å². The monoisotopic (exact) mass is 400 g/mol. The number of hydrogen-bond donors (Lipinski definition) is 3. The van der Waals surface area contributed by atoms with Crippen LogP contribution in [0.2, 0.25) is 0 Å². The maximum Gasteiger partial charge on any atom is 0.255 e. The summed E-state index contributed by atoms with van der Waals surface area (Å²) in [6, 6.07) is 5.33. The minimum atomic E-state index is -0.651. The van der Waals surface area contributed by atoms with Crippen molar-refractivity contribution in [3.05, 3.63) is 34.9 Å². The van der Waals surface area contributed by atoms with Crippen LogP contribution in [0.3, 0.4) is 0 Å². The van der Waals surface area contributed by atoms with Gasteiger partial charge in [0.1, 0.15) is 6.04 Å². The lowest BCUT2D eigenvalue weighted by Gasteiger charge is -2.38. The lowest BCUT2D eigenvalue weighted by Crippen LogP contribution is -2.52. The molecule has 0 aromatic heterocycles. The number of nitrogens with two attached hydrogens (primary N) is 1. The van der Waals surface area contributed by atoms with Gasteiger partial charge in [0, 0.05) is 38.2 Å². The van der Waals surface area contributed by atoms with E-state index < -0.39 is 11.6 Å². The average molecular weight is 400 g/mol. The van der Waals surface area contributed by atoms with Crippen LogP contribution in [0.25, 0.3) is 0 Å². The van der Waals surface area contributed by atoms with Crippen molar-refractivity contribution >= 4 is 17.7 Å². The Hall–Kier alpha value is -2.29. The molecular formula is C21H28N4O4. The van der Waals surface area contributed by atoms with Gasteiger partial charge >= 0.3 is 0 Å². The Balaban J connectivity index is 1.41. The van der Waals surface area contributed by atoms with Crippen LogP contribution in [-0.2, 0) is 22.7 Å². The normalized spacial score (nSPS) is 24.6. The second-order valence-corrected chi connectivity index (χ2v) is 8.43. The first-order chi connectivity index (χ1) is 13.9. The molecule has 0 radical (unpaired) electrons. The first-order valence-corrected chi connectivity index (χ1v) is 10.3. The second-order valence-electron chi connectivity index (χ2n) is 8.43. The molecule has 1 unspecified atom stereocenters. The van der Waals surface area contributed by atoms with E-state index in [0.29, 0.717) is 44.3 Å². The van der Waals surface area contributed by atoms with Gasteiger partial charge in [-0.3, -0.25) is 24.6 Å². The SMILES string of the molecule is NCCC1(O)CCN(Cc2ccc3c(c2)C(=O)N(C2CCC(=O)NC2=O)C3)CC1. The number of carbonyl (C=O) groups is 3. The molecule has 8 nitrogen and oxygen atoms in total. The van der Waals surface area contributed by atoms with Crippen molar-refractivity contribution < 1.29 is 19.5 Å². The molecule has 3 aliphatic rings. The molecule has 2 saturated heterocycles. The fourth-order valence-corrected chi connectivity index (χ4v) is 4.60. The van der Waals surface area contributed by atoms with Crippen molar-refractivity contribution in [2.45, 2.75) is 56.8 Å². The van der Waals surface area contributed by atoms with Gasteiger partial charge in [-0.05, 0) is 49.4 Å². The highest BCUT2D eigenvalue weighted by molar-refractivity contribution is 6.05. The third kappa shape index (κ3) is 4.05. The Morgan fingerprint density at radius 2 is 1.97 bits per heavy atom. The van der Waals surface area contributed by atoms with Gasteiger partial charge in [-0.1, -0.05) is 12.1 Å². The van der Waals surface area contributed by atoms with Gasteiger partial charge in [0.15, 0.2) is 0 Å². The predicted octanol–water partition coefficient (Wildman–Crippen LogP) is 0.123. The summed E-state index contributed by atoms with van der Waals surface area (Å²) in [7, 11) is 0. The van der Waals surface area contributed by atoms with Crippen molar-refractivity contribution in [3.63, 3.8) is 0 Å². The molecule has 4 rings (SSSR count). The maximum atomic E-state index is 12.9. The van der Waals surface area contributed by atoms with Gasteiger partial charge in [-0.15, -0.1) is 0 Å². The van der Waals surface area contributed by atoms with Gasteiger partial charge in [-0.2, -0.15) is 0 Å². The summed E-state index contributed by atoms with van der Waals surface area (Å²) >= 11 is 0. The molecule has 1 aromatic rings. The Morgan fingerprint density at radius 1 is 1.21 bits per heavy atom. The number of aliphatic hydroxyl groups is 1. The molecule has 1 aromatic carbocycles. The van der Waals surface area contributed by atoms with E-state index >= 15 is 0 Å². The summed E-state index contributed by atoms with van der Waals surface area (Å²) in [4.78, 5) is 40.3. The van der Waals surface area contributed by atoms with E-state index in [4.69, 9.17) is 5.73 Å². The van der Waals surface area contributed by atoms with E-state index in [1.807, 2.05) is 18.2 Å². The van der Waals surface area contributed by atoms with Crippen LogP contribution in [0.4, 0.5) is 0 Å². The minimum Gasteiger partial charge on any atom is -0.390 e. The zero-order chi connectivity index (χ0) is 20.6. The summed E-state index contributed by atoms with van der Waals surface area (Å²) < 4.78 is 0. The molecule has 8 heteroatoms. The van der Waals surface area contributed by atoms with Crippen LogP contribution in [0, 0.1) is 0 Å². The maximum absolute atomic E-state index is 12.9. The molecule has 0 spiro atoms. The lowest BCUT2D eigenvalue weighted by molar-refractivity contribution is -0.136. The smallest absolute Gasteiger partial charge is 0.255 e. The van der Waals surface area contributed by atoms with Gasteiger partial charge in [0.05, 0.1) is 5.60 Å². The van der Waals surface area contributed by atoms with Crippen molar-refractivity contribution in [2.75, 3.05) is 19.6 Å². The van der Waals surface area contributed by atoms with Gasteiger partial charge in [-0.25, -0.2) is 0 Å². The molecule has 1 atom stereocenters. The van der Waals surface area contributed by atoms with Gasteiger partial charge in [0.2, 0.25) is 11.8 Å².